The van der Waals surface area contributed by atoms with Gasteiger partial charge in [-0.05, 0) is 30.7 Å². The van der Waals surface area contributed by atoms with Crippen molar-refractivity contribution in [3.8, 4) is 5.75 Å². The monoisotopic (exact) mass is 261 g/mol. The number of carbonyl (C=O) groups excluding carboxylic acids is 1. The summed E-state index contributed by atoms with van der Waals surface area (Å²) in [6.45, 7) is 2.13. The van der Waals surface area contributed by atoms with Crippen molar-refractivity contribution in [2.75, 3.05) is 12.8 Å². The minimum Gasteiger partial charge on any atom is -0.496 e. The molecule has 0 atom stereocenters. The molecule has 100 valence electrons. The number of carbonyl (C=O) groups is 1. The van der Waals surface area contributed by atoms with E-state index in [2.05, 4.69) is 20.5 Å². The number of nitrogens with one attached hydrogen (secondary N) is 2. The minimum atomic E-state index is -0.194. The second-order valence-corrected chi connectivity index (χ2v) is 4.01. The first-order valence-corrected chi connectivity index (χ1v) is 5.69. The highest BCUT2D eigenvalue weighted by Crippen LogP contribution is 2.18. The number of rotatable bonds is 4. The highest BCUT2D eigenvalue weighted by molar-refractivity contribution is 5.94. The molecule has 1 aromatic carbocycles. The zero-order valence-electron chi connectivity index (χ0n) is 10.7. The van der Waals surface area contributed by atoms with Crippen molar-refractivity contribution in [2.24, 2.45) is 0 Å². The first-order valence-electron chi connectivity index (χ1n) is 5.69. The Morgan fingerprint density at radius 1 is 1.53 bits per heavy atom. The van der Waals surface area contributed by atoms with Crippen molar-refractivity contribution in [1.82, 2.24) is 20.5 Å². The standard InChI is InChI=1S/C12H15N5O2/c1-7-5-8(3-4-9(7)19-2)11(18)14-6-10-15-12(13)17-16-10/h3-5H,6H2,1-2H3,(H,14,18)(H3,13,15,16,17). The molecule has 0 saturated carbocycles. The van der Waals surface area contributed by atoms with Crippen LogP contribution in [0.1, 0.15) is 21.7 Å². The van der Waals surface area contributed by atoms with Gasteiger partial charge in [-0.1, -0.05) is 0 Å². The summed E-state index contributed by atoms with van der Waals surface area (Å²) >= 11 is 0. The molecule has 0 saturated heterocycles. The Morgan fingerprint density at radius 2 is 2.32 bits per heavy atom. The molecule has 19 heavy (non-hydrogen) atoms. The molecule has 1 aromatic heterocycles. The van der Waals surface area contributed by atoms with E-state index >= 15 is 0 Å². The average molecular weight is 261 g/mol. The molecule has 7 heteroatoms. The summed E-state index contributed by atoms with van der Waals surface area (Å²) in [5.74, 6) is 1.22. The van der Waals surface area contributed by atoms with Crippen LogP contribution in [0.2, 0.25) is 0 Å². The quantitative estimate of drug-likeness (QED) is 0.748. The SMILES string of the molecule is COc1ccc(C(=O)NCc2nc(N)n[nH]2)cc1C. The first kappa shape index (κ1) is 12.9. The molecule has 7 nitrogen and oxygen atoms in total. The molecule has 0 radical (unpaired) electrons. The lowest BCUT2D eigenvalue weighted by molar-refractivity contribution is 0.0950. The molecule has 1 heterocycles. The van der Waals surface area contributed by atoms with Gasteiger partial charge in [0.1, 0.15) is 11.6 Å². The number of hydrogen-bond acceptors (Lipinski definition) is 5. The largest absolute Gasteiger partial charge is 0.496 e. The zero-order chi connectivity index (χ0) is 13.8. The summed E-state index contributed by atoms with van der Waals surface area (Å²) in [4.78, 5) is 15.8. The van der Waals surface area contributed by atoms with Gasteiger partial charge in [0.2, 0.25) is 5.95 Å². The third-order valence-corrected chi connectivity index (χ3v) is 2.62. The Balaban J connectivity index is 2.01. The summed E-state index contributed by atoms with van der Waals surface area (Å²) in [6, 6.07) is 5.23. The van der Waals surface area contributed by atoms with Crippen LogP contribution in [0.5, 0.6) is 5.75 Å². The molecule has 0 bridgehead atoms. The first-order chi connectivity index (χ1) is 9.10. The minimum absolute atomic E-state index is 0.157. The summed E-state index contributed by atoms with van der Waals surface area (Å²) < 4.78 is 5.14. The van der Waals surface area contributed by atoms with Crippen LogP contribution in [-0.2, 0) is 6.54 Å². The molecule has 1 amide bonds. The fourth-order valence-corrected chi connectivity index (χ4v) is 1.67. The maximum Gasteiger partial charge on any atom is 0.251 e. The van der Waals surface area contributed by atoms with Crippen LogP contribution in [0.25, 0.3) is 0 Å². The van der Waals surface area contributed by atoms with Gasteiger partial charge >= 0.3 is 0 Å². The Bertz CT molecular complexity index is 594. The number of aromatic amines is 1. The molecule has 0 unspecified atom stereocenters. The van der Waals surface area contributed by atoms with Gasteiger partial charge in [-0.15, -0.1) is 5.10 Å². The second kappa shape index (κ2) is 5.38. The number of nitrogens with zero attached hydrogens (tertiary/aromatic N) is 2. The van der Waals surface area contributed by atoms with Gasteiger partial charge < -0.3 is 15.8 Å². The van der Waals surface area contributed by atoms with Crippen LogP contribution < -0.4 is 15.8 Å². The number of hydrogen-bond donors (Lipinski definition) is 3. The van der Waals surface area contributed by atoms with Crippen molar-refractivity contribution in [1.29, 1.82) is 0 Å². The highest BCUT2D eigenvalue weighted by Gasteiger charge is 2.09. The molecule has 2 rings (SSSR count). The number of nitrogens with two attached hydrogens (primary N) is 1. The van der Waals surface area contributed by atoms with E-state index in [1.165, 1.54) is 0 Å². The van der Waals surface area contributed by atoms with Gasteiger partial charge in [0.25, 0.3) is 5.91 Å². The fraction of sp³-hybridized carbons (Fsp3) is 0.250. The lowest BCUT2D eigenvalue weighted by atomic mass is 10.1. The van der Waals surface area contributed by atoms with E-state index in [9.17, 15) is 4.79 Å². The Kier molecular flexibility index (Phi) is 3.65. The van der Waals surface area contributed by atoms with Crippen LogP contribution in [0.15, 0.2) is 18.2 Å². The van der Waals surface area contributed by atoms with Crippen molar-refractivity contribution in [3.63, 3.8) is 0 Å². The topological polar surface area (TPSA) is 106 Å². The number of benzene rings is 1. The summed E-state index contributed by atoms with van der Waals surface area (Å²) in [5.41, 5.74) is 6.83. The van der Waals surface area contributed by atoms with E-state index in [4.69, 9.17) is 10.5 Å². The van der Waals surface area contributed by atoms with Gasteiger partial charge in [-0.2, -0.15) is 4.98 Å². The molecule has 0 fully saturated rings. The van der Waals surface area contributed by atoms with Crippen molar-refractivity contribution < 1.29 is 9.53 Å². The number of amides is 1. The summed E-state index contributed by atoms with van der Waals surface area (Å²) in [7, 11) is 1.59. The average Bonchev–Trinajstić information content (AvgIpc) is 2.81. The van der Waals surface area contributed by atoms with E-state index in [1.54, 1.807) is 25.3 Å². The summed E-state index contributed by atoms with van der Waals surface area (Å²) in [6.07, 6.45) is 0. The second-order valence-electron chi connectivity index (χ2n) is 4.01. The van der Waals surface area contributed by atoms with Gasteiger partial charge in [-0.3, -0.25) is 9.89 Å². The van der Waals surface area contributed by atoms with Crippen LogP contribution in [0, 0.1) is 6.92 Å². The van der Waals surface area contributed by atoms with Crippen molar-refractivity contribution in [2.45, 2.75) is 13.5 Å². The lowest BCUT2D eigenvalue weighted by Crippen LogP contribution is -2.23. The van der Waals surface area contributed by atoms with Gasteiger partial charge in [0, 0.05) is 5.56 Å². The number of ether oxygens (including phenoxy) is 1. The number of nitrogen functional groups attached to an aromatic ring is 1. The Labute approximate surface area is 110 Å². The molecule has 0 spiro atoms. The molecular weight excluding hydrogens is 246 g/mol. The molecule has 0 aliphatic carbocycles. The maximum absolute atomic E-state index is 11.9. The molecule has 0 aliphatic rings. The van der Waals surface area contributed by atoms with Crippen LogP contribution in [0.4, 0.5) is 5.95 Å². The van der Waals surface area contributed by atoms with Gasteiger partial charge in [-0.25, -0.2) is 0 Å². The van der Waals surface area contributed by atoms with E-state index in [-0.39, 0.29) is 18.4 Å². The number of aryl methyl sites for hydroxylation is 1. The lowest BCUT2D eigenvalue weighted by Gasteiger charge is -2.07. The summed E-state index contributed by atoms with van der Waals surface area (Å²) in [5, 5.41) is 9.02. The predicted octanol–water partition coefficient (Wildman–Crippen LogP) is 0.634. The normalized spacial score (nSPS) is 10.2. The van der Waals surface area contributed by atoms with Gasteiger partial charge in [0.05, 0.1) is 13.7 Å². The molecule has 4 N–H and O–H groups in total. The number of anilines is 1. The fourth-order valence-electron chi connectivity index (χ4n) is 1.67. The van der Waals surface area contributed by atoms with E-state index in [1.807, 2.05) is 6.92 Å². The predicted molar refractivity (Wildman–Crippen MR) is 69.7 cm³/mol. The van der Waals surface area contributed by atoms with Gasteiger partial charge in [0.15, 0.2) is 0 Å². The van der Waals surface area contributed by atoms with Crippen LogP contribution in [0.3, 0.4) is 0 Å². The Morgan fingerprint density at radius 3 is 2.89 bits per heavy atom. The smallest absolute Gasteiger partial charge is 0.251 e. The number of H-pyrrole nitrogens is 1. The van der Waals surface area contributed by atoms with Crippen LogP contribution >= 0.6 is 0 Å². The third kappa shape index (κ3) is 3.01. The molecule has 2 aromatic rings. The maximum atomic E-state index is 11.9. The van der Waals surface area contributed by atoms with Crippen LogP contribution in [-0.4, -0.2) is 28.2 Å². The third-order valence-electron chi connectivity index (χ3n) is 2.62. The zero-order valence-corrected chi connectivity index (χ0v) is 10.7. The number of methoxy groups -OCH3 is 1. The number of aromatic nitrogens is 3. The van der Waals surface area contributed by atoms with Crippen molar-refractivity contribution in [3.05, 3.63) is 35.2 Å². The highest BCUT2D eigenvalue weighted by atomic mass is 16.5. The van der Waals surface area contributed by atoms with E-state index < -0.39 is 0 Å². The van der Waals surface area contributed by atoms with E-state index in [0.29, 0.717) is 11.4 Å². The van der Waals surface area contributed by atoms with Crippen molar-refractivity contribution >= 4 is 11.9 Å². The molecular formula is C12H15N5O2. The van der Waals surface area contributed by atoms with E-state index in [0.717, 1.165) is 11.3 Å². The Hall–Kier alpha value is -2.57. The molecule has 0 aliphatic heterocycles.